The van der Waals surface area contributed by atoms with Gasteiger partial charge in [-0.25, -0.2) is 4.98 Å². The lowest BCUT2D eigenvalue weighted by Gasteiger charge is -2.08. The molecule has 0 spiro atoms. The zero-order chi connectivity index (χ0) is 14.0. The van der Waals surface area contributed by atoms with E-state index in [2.05, 4.69) is 15.4 Å². The van der Waals surface area contributed by atoms with Crippen LogP contribution in [0.15, 0.2) is 18.3 Å². The molecule has 2 heterocycles. The van der Waals surface area contributed by atoms with Crippen molar-refractivity contribution < 1.29 is 0 Å². The molecule has 0 amide bonds. The Balaban J connectivity index is 2.15. The number of hydrogen-bond acceptors (Lipinski definition) is 4. The molecule has 0 unspecified atom stereocenters. The molecule has 2 aromatic heterocycles. The van der Waals surface area contributed by atoms with Crippen LogP contribution in [0.3, 0.4) is 0 Å². The molecule has 0 saturated heterocycles. The number of anilines is 1. The maximum absolute atomic E-state index is 5.65. The van der Waals surface area contributed by atoms with E-state index in [0.717, 1.165) is 28.3 Å². The predicted molar refractivity (Wildman–Crippen MR) is 80.1 cm³/mol. The number of pyridine rings is 1. The first-order chi connectivity index (χ1) is 8.95. The van der Waals surface area contributed by atoms with Gasteiger partial charge < -0.3 is 11.1 Å². The molecule has 0 aliphatic rings. The van der Waals surface area contributed by atoms with Crippen molar-refractivity contribution in [3.8, 4) is 0 Å². The Kier molecular flexibility index (Phi) is 3.80. The molecular formula is C13H17N5S. The highest BCUT2D eigenvalue weighted by molar-refractivity contribution is 7.80. The Morgan fingerprint density at radius 3 is 2.74 bits per heavy atom. The molecule has 19 heavy (non-hydrogen) atoms. The van der Waals surface area contributed by atoms with Crippen molar-refractivity contribution in [3.05, 3.63) is 40.8 Å². The summed E-state index contributed by atoms with van der Waals surface area (Å²) in [6.07, 6.45) is 1.99. The molecule has 0 bridgehead atoms. The minimum absolute atomic E-state index is 0.381. The van der Waals surface area contributed by atoms with Crippen LogP contribution in [0.1, 0.15) is 22.5 Å². The molecule has 0 atom stereocenters. The van der Waals surface area contributed by atoms with Gasteiger partial charge in [0, 0.05) is 36.6 Å². The normalized spacial score (nSPS) is 10.5. The third-order valence-electron chi connectivity index (χ3n) is 2.81. The highest BCUT2D eigenvalue weighted by Crippen LogP contribution is 2.12. The van der Waals surface area contributed by atoms with Crippen molar-refractivity contribution in [2.75, 3.05) is 5.32 Å². The standard InChI is InChI=1S/C13H17N5S/c1-8-4-10(13(14)19)5-12(16-8)15-6-11-7-18(3)17-9(11)2/h4-5,7H,6H2,1-3H3,(H2,14,19)(H,15,16). The SMILES string of the molecule is Cc1cc(C(N)=S)cc(NCc2cn(C)nc2C)n1. The lowest BCUT2D eigenvalue weighted by atomic mass is 10.2. The van der Waals surface area contributed by atoms with Crippen LogP contribution in [-0.4, -0.2) is 19.8 Å². The summed E-state index contributed by atoms with van der Waals surface area (Å²) in [7, 11) is 1.91. The van der Waals surface area contributed by atoms with Crippen LogP contribution in [0.4, 0.5) is 5.82 Å². The van der Waals surface area contributed by atoms with Crippen LogP contribution in [0.25, 0.3) is 0 Å². The van der Waals surface area contributed by atoms with Gasteiger partial charge >= 0.3 is 0 Å². The zero-order valence-electron chi connectivity index (χ0n) is 11.3. The summed E-state index contributed by atoms with van der Waals surface area (Å²) in [5.74, 6) is 0.769. The number of thiocarbonyl (C=S) groups is 1. The van der Waals surface area contributed by atoms with Crippen LogP contribution in [0.5, 0.6) is 0 Å². The van der Waals surface area contributed by atoms with Gasteiger partial charge in [0.1, 0.15) is 10.8 Å². The monoisotopic (exact) mass is 275 g/mol. The van der Waals surface area contributed by atoms with Crippen molar-refractivity contribution in [2.24, 2.45) is 12.8 Å². The molecule has 3 N–H and O–H groups in total. The van der Waals surface area contributed by atoms with Gasteiger partial charge in [-0.1, -0.05) is 12.2 Å². The minimum atomic E-state index is 0.381. The number of aromatic nitrogens is 3. The summed E-state index contributed by atoms with van der Waals surface area (Å²) in [6.45, 7) is 4.58. The number of hydrogen-bond donors (Lipinski definition) is 2. The minimum Gasteiger partial charge on any atom is -0.389 e. The fraction of sp³-hybridized carbons (Fsp3) is 0.308. The maximum Gasteiger partial charge on any atom is 0.127 e. The molecule has 0 radical (unpaired) electrons. The van der Waals surface area contributed by atoms with Crippen LogP contribution >= 0.6 is 12.2 Å². The molecule has 6 heteroatoms. The summed E-state index contributed by atoms with van der Waals surface area (Å²) in [5.41, 5.74) is 9.51. The van der Waals surface area contributed by atoms with E-state index in [1.54, 1.807) is 4.68 Å². The summed E-state index contributed by atoms with van der Waals surface area (Å²) in [6, 6.07) is 3.74. The van der Waals surface area contributed by atoms with Gasteiger partial charge in [-0.3, -0.25) is 4.68 Å². The van der Waals surface area contributed by atoms with Crippen LogP contribution < -0.4 is 11.1 Å². The number of rotatable bonds is 4. The van der Waals surface area contributed by atoms with E-state index in [1.165, 1.54) is 0 Å². The third kappa shape index (κ3) is 3.29. The Labute approximate surface area is 117 Å². The second-order valence-corrected chi connectivity index (χ2v) is 4.95. The average Bonchev–Trinajstić information content (AvgIpc) is 2.64. The molecule has 2 aromatic rings. The molecule has 0 aromatic carbocycles. The summed E-state index contributed by atoms with van der Waals surface area (Å²) >= 11 is 4.99. The molecular weight excluding hydrogens is 258 g/mol. The molecule has 5 nitrogen and oxygen atoms in total. The van der Waals surface area contributed by atoms with Gasteiger partial charge in [0.05, 0.1) is 5.69 Å². The molecule has 100 valence electrons. The number of nitrogens with one attached hydrogen (secondary N) is 1. The first kappa shape index (κ1) is 13.5. The van der Waals surface area contributed by atoms with Gasteiger partial charge in [0.15, 0.2) is 0 Å². The van der Waals surface area contributed by atoms with E-state index < -0.39 is 0 Å². The van der Waals surface area contributed by atoms with Gasteiger partial charge in [-0.2, -0.15) is 5.10 Å². The Morgan fingerprint density at radius 1 is 1.42 bits per heavy atom. The van der Waals surface area contributed by atoms with Gasteiger partial charge in [0.25, 0.3) is 0 Å². The highest BCUT2D eigenvalue weighted by Gasteiger charge is 2.05. The fourth-order valence-corrected chi connectivity index (χ4v) is 2.03. The molecule has 0 aliphatic carbocycles. The average molecular weight is 275 g/mol. The Hall–Kier alpha value is -1.95. The van der Waals surface area contributed by atoms with E-state index in [4.69, 9.17) is 18.0 Å². The van der Waals surface area contributed by atoms with E-state index in [1.807, 2.05) is 39.2 Å². The Morgan fingerprint density at radius 2 is 2.16 bits per heavy atom. The van der Waals surface area contributed by atoms with E-state index >= 15 is 0 Å². The lowest BCUT2D eigenvalue weighted by Crippen LogP contribution is -2.11. The molecule has 0 aliphatic heterocycles. The van der Waals surface area contributed by atoms with Gasteiger partial charge in [0.2, 0.25) is 0 Å². The van der Waals surface area contributed by atoms with E-state index in [9.17, 15) is 0 Å². The van der Waals surface area contributed by atoms with Crippen LogP contribution in [0, 0.1) is 13.8 Å². The van der Waals surface area contributed by atoms with Crippen LogP contribution in [-0.2, 0) is 13.6 Å². The smallest absolute Gasteiger partial charge is 0.127 e. The topological polar surface area (TPSA) is 68.8 Å². The quantitative estimate of drug-likeness (QED) is 0.831. The van der Waals surface area contributed by atoms with Crippen molar-refractivity contribution in [1.82, 2.24) is 14.8 Å². The lowest BCUT2D eigenvalue weighted by molar-refractivity contribution is 0.756. The largest absolute Gasteiger partial charge is 0.389 e. The Bertz CT molecular complexity index is 617. The van der Waals surface area contributed by atoms with E-state index in [-0.39, 0.29) is 0 Å². The molecule has 0 fully saturated rings. The van der Waals surface area contributed by atoms with Crippen molar-refractivity contribution in [3.63, 3.8) is 0 Å². The van der Waals surface area contributed by atoms with E-state index in [0.29, 0.717) is 11.5 Å². The predicted octanol–water partition coefficient (Wildman–Crippen LogP) is 1.68. The van der Waals surface area contributed by atoms with Crippen molar-refractivity contribution in [2.45, 2.75) is 20.4 Å². The number of nitrogens with zero attached hydrogens (tertiary/aromatic N) is 3. The third-order valence-corrected chi connectivity index (χ3v) is 3.05. The molecule has 0 saturated carbocycles. The fourth-order valence-electron chi connectivity index (χ4n) is 1.91. The number of aryl methyl sites for hydroxylation is 3. The zero-order valence-corrected chi connectivity index (χ0v) is 12.1. The number of nitrogens with two attached hydrogens (primary N) is 1. The van der Waals surface area contributed by atoms with Gasteiger partial charge in [-0.15, -0.1) is 0 Å². The summed E-state index contributed by atoms with van der Waals surface area (Å²) < 4.78 is 1.80. The van der Waals surface area contributed by atoms with Crippen molar-refractivity contribution >= 4 is 23.0 Å². The first-order valence-electron chi connectivity index (χ1n) is 5.97. The summed E-state index contributed by atoms with van der Waals surface area (Å²) in [4.78, 5) is 4.79. The first-order valence-corrected chi connectivity index (χ1v) is 6.38. The highest BCUT2D eigenvalue weighted by atomic mass is 32.1. The second kappa shape index (κ2) is 5.36. The maximum atomic E-state index is 5.65. The second-order valence-electron chi connectivity index (χ2n) is 4.51. The van der Waals surface area contributed by atoms with Gasteiger partial charge in [-0.05, 0) is 26.0 Å². The summed E-state index contributed by atoms with van der Waals surface area (Å²) in [5, 5.41) is 7.57. The van der Waals surface area contributed by atoms with Crippen molar-refractivity contribution in [1.29, 1.82) is 0 Å². The molecule has 2 rings (SSSR count). The van der Waals surface area contributed by atoms with Crippen LogP contribution in [0.2, 0.25) is 0 Å².